The van der Waals surface area contributed by atoms with Gasteiger partial charge >= 0.3 is 51.4 Å². The third kappa shape index (κ3) is 4.47. The number of aliphatic carboxylic acids is 1. The van der Waals surface area contributed by atoms with E-state index in [0.29, 0.717) is 0 Å². The maximum absolute atomic E-state index is 9.89. The van der Waals surface area contributed by atoms with Crippen LogP contribution in [0.25, 0.3) is 0 Å². The summed E-state index contributed by atoms with van der Waals surface area (Å²) in [5.74, 6) is -1.42. The molecule has 0 aromatic carbocycles. The largest absolute Gasteiger partial charge is 1.00 e. The zero-order valence-corrected chi connectivity index (χ0v) is 9.09. The normalized spacial score (nSPS) is 15.4. The molecule has 1 unspecified atom stereocenters. The zero-order chi connectivity index (χ0) is 6.78. The molecule has 0 aliphatic heterocycles. The average molecular weight is 156 g/mol. The van der Waals surface area contributed by atoms with Crippen LogP contribution in [0.5, 0.6) is 0 Å². The van der Waals surface area contributed by atoms with E-state index >= 15 is 0 Å². The van der Waals surface area contributed by atoms with Crippen LogP contribution in [0.15, 0.2) is 0 Å². The van der Waals surface area contributed by atoms with Crippen LogP contribution in [0.3, 0.4) is 0 Å². The molecule has 4 heteroatoms. The Kier molecular flexibility index (Phi) is 6.81. The fourth-order valence-corrected chi connectivity index (χ4v) is 0.144. The third-order valence-corrected chi connectivity index (χ3v) is 1.13. The minimum absolute atomic E-state index is 0. The van der Waals surface area contributed by atoms with Gasteiger partial charge in [-0.3, -0.25) is 0 Å². The van der Waals surface area contributed by atoms with Gasteiger partial charge in [0.1, 0.15) is 5.60 Å². The standard InChI is InChI=1S/C5H10O3.K/c1-3-5(2,8)4(6)7;/h8H,3H2,1-2H3,(H,6,7);/q;+1/p-1. The molecule has 0 saturated heterocycles. The number of aliphatic hydroxyl groups is 1. The first-order valence-electron chi connectivity index (χ1n) is 2.44. The van der Waals surface area contributed by atoms with E-state index in [9.17, 15) is 9.90 Å². The summed E-state index contributed by atoms with van der Waals surface area (Å²) in [6.07, 6.45) is 0.176. The second-order valence-corrected chi connectivity index (χ2v) is 1.91. The van der Waals surface area contributed by atoms with Gasteiger partial charge in [-0.05, 0) is 13.3 Å². The van der Waals surface area contributed by atoms with E-state index in [1.807, 2.05) is 0 Å². The van der Waals surface area contributed by atoms with Crippen molar-refractivity contribution in [2.24, 2.45) is 0 Å². The zero-order valence-electron chi connectivity index (χ0n) is 5.97. The Hall–Kier alpha value is 1.07. The molecule has 1 N–H and O–H groups in total. The molecule has 48 valence electrons. The molecule has 0 heterocycles. The quantitative estimate of drug-likeness (QED) is 0.413. The van der Waals surface area contributed by atoms with Crippen molar-refractivity contribution in [2.45, 2.75) is 25.9 Å². The van der Waals surface area contributed by atoms with Gasteiger partial charge in [-0.25, -0.2) is 0 Å². The summed E-state index contributed by atoms with van der Waals surface area (Å²) < 4.78 is 0. The predicted octanol–water partition coefficient (Wildman–Crippen LogP) is -4.10. The van der Waals surface area contributed by atoms with Gasteiger partial charge < -0.3 is 15.0 Å². The van der Waals surface area contributed by atoms with Crippen molar-refractivity contribution < 1.29 is 66.4 Å². The second-order valence-electron chi connectivity index (χ2n) is 1.91. The van der Waals surface area contributed by atoms with Gasteiger partial charge in [0, 0.05) is 0 Å². The van der Waals surface area contributed by atoms with Crippen molar-refractivity contribution in [2.75, 3.05) is 0 Å². The Labute approximate surface area is 96.9 Å². The molecule has 0 spiro atoms. The van der Waals surface area contributed by atoms with Crippen molar-refractivity contribution >= 4 is 5.97 Å². The smallest absolute Gasteiger partial charge is 0.547 e. The van der Waals surface area contributed by atoms with Gasteiger partial charge in [-0.15, -0.1) is 0 Å². The van der Waals surface area contributed by atoms with E-state index in [1.54, 1.807) is 6.92 Å². The van der Waals surface area contributed by atoms with Crippen LogP contribution in [-0.2, 0) is 4.79 Å². The van der Waals surface area contributed by atoms with Gasteiger partial charge in [0.2, 0.25) is 0 Å². The molecule has 0 bridgehead atoms. The molecule has 9 heavy (non-hydrogen) atoms. The van der Waals surface area contributed by atoms with Gasteiger partial charge in [0.05, 0.1) is 5.97 Å². The first-order valence-corrected chi connectivity index (χ1v) is 2.44. The molecular formula is C5H9KO3. The van der Waals surface area contributed by atoms with Crippen LogP contribution in [0.4, 0.5) is 0 Å². The average Bonchev–Trinajstić information content (AvgIpc) is 1.67. The number of rotatable bonds is 2. The van der Waals surface area contributed by atoms with Crippen LogP contribution >= 0.6 is 0 Å². The second kappa shape index (κ2) is 4.82. The van der Waals surface area contributed by atoms with Crippen LogP contribution in [0, 0.1) is 0 Å². The van der Waals surface area contributed by atoms with E-state index in [4.69, 9.17) is 5.11 Å². The molecule has 0 amide bonds. The summed E-state index contributed by atoms with van der Waals surface area (Å²) in [5, 5.41) is 18.6. The van der Waals surface area contributed by atoms with Crippen molar-refractivity contribution in [1.29, 1.82) is 0 Å². The summed E-state index contributed by atoms with van der Waals surface area (Å²) >= 11 is 0. The Bertz CT molecular complexity index is 100. The molecule has 3 nitrogen and oxygen atoms in total. The summed E-state index contributed by atoms with van der Waals surface area (Å²) in [7, 11) is 0. The molecule has 0 fully saturated rings. The number of carbonyl (C=O) groups excluding carboxylic acids is 1. The summed E-state index contributed by atoms with van der Waals surface area (Å²) in [5.41, 5.74) is -1.65. The summed E-state index contributed by atoms with van der Waals surface area (Å²) in [4.78, 5) is 9.89. The van der Waals surface area contributed by atoms with E-state index in [1.165, 1.54) is 6.92 Å². The molecule has 0 saturated carbocycles. The van der Waals surface area contributed by atoms with E-state index in [0.717, 1.165) is 0 Å². The topological polar surface area (TPSA) is 60.4 Å². The number of hydrogen-bond acceptors (Lipinski definition) is 3. The summed E-state index contributed by atoms with van der Waals surface area (Å²) in [6, 6.07) is 0. The molecule has 0 aliphatic rings. The summed E-state index contributed by atoms with van der Waals surface area (Å²) in [6.45, 7) is 2.79. The fourth-order valence-electron chi connectivity index (χ4n) is 0.144. The molecule has 0 radical (unpaired) electrons. The van der Waals surface area contributed by atoms with E-state index in [-0.39, 0.29) is 57.8 Å². The van der Waals surface area contributed by atoms with Gasteiger partial charge in [-0.2, -0.15) is 0 Å². The monoisotopic (exact) mass is 156 g/mol. The van der Waals surface area contributed by atoms with Crippen molar-refractivity contribution in [3.05, 3.63) is 0 Å². The maximum Gasteiger partial charge on any atom is 1.00 e. The number of carboxylic acid groups (broad SMARTS) is 1. The minimum atomic E-state index is -1.65. The van der Waals surface area contributed by atoms with Crippen molar-refractivity contribution in [1.82, 2.24) is 0 Å². The van der Waals surface area contributed by atoms with Gasteiger partial charge in [-0.1, -0.05) is 6.92 Å². The van der Waals surface area contributed by atoms with Crippen LogP contribution in [-0.4, -0.2) is 16.7 Å². The number of carbonyl (C=O) groups is 1. The molecule has 1 atom stereocenters. The van der Waals surface area contributed by atoms with Gasteiger partial charge in [0.15, 0.2) is 0 Å². The van der Waals surface area contributed by atoms with E-state index in [2.05, 4.69) is 0 Å². The first-order chi connectivity index (χ1) is 3.50. The predicted molar refractivity (Wildman–Crippen MR) is 25.9 cm³/mol. The Morgan fingerprint density at radius 2 is 2.11 bits per heavy atom. The van der Waals surface area contributed by atoms with E-state index < -0.39 is 11.6 Å². The third-order valence-electron chi connectivity index (χ3n) is 1.13. The van der Waals surface area contributed by atoms with Gasteiger partial charge in [0.25, 0.3) is 0 Å². The molecule has 0 aromatic heterocycles. The molecule has 0 aromatic rings. The Balaban J connectivity index is 0. The van der Waals surface area contributed by atoms with Crippen molar-refractivity contribution in [3.63, 3.8) is 0 Å². The number of carboxylic acids is 1. The SMILES string of the molecule is CCC(C)(O)C(=O)[O-].[K+]. The Morgan fingerprint density at radius 1 is 1.78 bits per heavy atom. The fraction of sp³-hybridized carbons (Fsp3) is 0.800. The minimum Gasteiger partial charge on any atom is -0.547 e. The van der Waals surface area contributed by atoms with Crippen LogP contribution in [0.1, 0.15) is 20.3 Å². The van der Waals surface area contributed by atoms with Crippen molar-refractivity contribution in [3.8, 4) is 0 Å². The maximum atomic E-state index is 9.89. The Morgan fingerprint density at radius 3 is 2.11 bits per heavy atom. The van der Waals surface area contributed by atoms with Crippen LogP contribution < -0.4 is 56.5 Å². The van der Waals surface area contributed by atoms with Crippen LogP contribution in [0.2, 0.25) is 0 Å². The first kappa shape index (κ1) is 12.7. The molecular weight excluding hydrogens is 147 g/mol. The molecule has 0 aliphatic carbocycles. The molecule has 0 rings (SSSR count). The number of hydrogen-bond donors (Lipinski definition) is 1.